The zero-order valence-electron chi connectivity index (χ0n) is 20.6. The molecule has 8 nitrogen and oxygen atoms in total. The molecule has 196 valence electrons. The molecule has 37 heavy (non-hydrogen) atoms. The Morgan fingerprint density at radius 3 is 1.92 bits per heavy atom. The first-order chi connectivity index (χ1) is 17.3. The highest BCUT2D eigenvalue weighted by Gasteiger charge is 2.30. The fraction of sp³-hybridized carbons (Fsp3) is 0.280. The first-order valence-corrected chi connectivity index (χ1v) is 12.0. The van der Waals surface area contributed by atoms with Crippen LogP contribution in [0.5, 0.6) is 0 Å². The van der Waals surface area contributed by atoms with Gasteiger partial charge in [0.15, 0.2) is 5.16 Å². The number of thioether (sulfide) groups is 1. The Kier molecular flexibility index (Phi) is 8.64. The molecule has 0 spiro atoms. The zero-order chi connectivity index (χ0) is 27.3. The van der Waals surface area contributed by atoms with Gasteiger partial charge in [0.2, 0.25) is 0 Å². The number of benzene rings is 2. The van der Waals surface area contributed by atoms with Gasteiger partial charge >= 0.3 is 12.1 Å². The minimum atomic E-state index is -4.46. The Balaban J connectivity index is 1.69. The number of rotatable bonds is 9. The number of nitrogens with zero attached hydrogens (tertiary/aromatic N) is 4. The summed E-state index contributed by atoms with van der Waals surface area (Å²) in [5, 5.41) is 12.5. The van der Waals surface area contributed by atoms with Crippen molar-refractivity contribution in [1.29, 1.82) is 0 Å². The van der Waals surface area contributed by atoms with E-state index in [-0.39, 0.29) is 12.0 Å². The molecule has 0 saturated carbocycles. The molecule has 12 heteroatoms. The number of aliphatic carboxylic acids is 1. The van der Waals surface area contributed by atoms with Gasteiger partial charge in [0.1, 0.15) is 11.6 Å². The molecule has 3 rings (SSSR count). The van der Waals surface area contributed by atoms with Crippen molar-refractivity contribution in [2.75, 3.05) is 43.3 Å². The molecule has 0 aliphatic heterocycles. The molecule has 0 saturated heterocycles. The molecule has 1 heterocycles. The quantitative estimate of drug-likeness (QED) is 0.299. The second-order valence-electron chi connectivity index (χ2n) is 8.51. The van der Waals surface area contributed by atoms with Gasteiger partial charge in [-0.05, 0) is 42.0 Å². The predicted molar refractivity (Wildman–Crippen MR) is 137 cm³/mol. The lowest BCUT2D eigenvalue weighted by Gasteiger charge is -2.22. The lowest BCUT2D eigenvalue weighted by Crippen LogP contribution is -2.21. The van der Waals surface area contributed by atoms with Gasteiger partial charge in [0.05, 0.1) is 12.0 Å². The van der Waals surface area contributed by atoms with Crippen LogP contribution in [-0.4, -0.2) is 55.1 Å². The van der Waals surface area contributed by atoms with E-state index < -0.39 is 23.6 Å². The van der Waals surface area contributed by atoms with E-state index in [9.17, 15) is 27.9 Å². The number of anilines is 3. The number of hydrogen-bond donors (Lipinski definition) is 2. The molecular weight excluding hydrogens is 507 g/mol. The lowest BCUT2D eigenvalue weighted by atomic mass is 10.1. The number of amides is 1. The maximum absolute atomic E-state index is 12.7. The zero-order valence-corrected chi connectivity index (χ0v) is 21.4. The molecule has 0 aliphatic rings. The van der Waals surface area contributed by atoms with Crippen LogP contribution in [0.1, 0.15) is 27.0 Å². The van der Waals surface area contributed by atoms with Crippen LogP contribution in [0.4, 0.5) is 30.5 Å². The molecule has 0 unspecified atom stereocenters. The summed E-state index contributed by atoms with van der Waals surface area (Å²) in [6, 6.07) is 11.0. The van der Waals surface area contributed by atoms with E-state index in [4.69, 9.17) is 0 Å². The molecule has 0 atom stereocenters. The van der Waals surface area contributed by atoms with Crippen LogP contribution in [0.2, 0.25) is 0 Å². The summed E-state index contributed by atoms with van der Waals surface area (Å²) < 4.78 is 38.1. The van der Waals surface area contributed by atoms with Crippen molar-refractivity contribution in [2.45, 2.75) is 23.5 Å². The largest absolute Gasteiger partial charge is 0.481 e. The third kappa shape index (κ3) is 7.35. The summed E-state index contributed by atoms with van der Waals surface area (Å²) in [5.41, 5.74) is 1.25. The van der Waals surface area contributed by atoms with E-state index in [1.54, 1.807) is 50.1 Å². The summed E-state index contributed by atoms with van der Waals surface area (Å²) in [4.78, 5) is 36.4. The summed E-state index contributed by atoms with van der Waals surface area (Å²) >= 11 is 1.38. The van der Waals surface area contributed by atoms with Crippen molar-refractivity contribution in [1.82, 2.24) is 9.97 Å². The van der Waals surface area contributed by atoms with Crippen LogP contribution >= 0.6 is 11.8 Å². The molecule has 0 bridgehead atoms. The van der Waals surface area contributed by atoms with Gasteiger partial charge in [0.25, 0.3) is 5.91 Å². The molecule has 0 fully saturated rings. The van der Waals surface area contributed by atoms with Gasteiger partial charge in [-0.2, -0.15) is 13.2 Å². The van der Waals surface area contributed by atoms with E-state index in [1.807, 2.05) is 12.1 Å². The Morgan fingerprint density at radius 2 is 1.46 bits per heavy atom. The van der Waals surface area contributed by atoms with Gasteiger partial charge in [-0.25, -0.2) is 9.97 Å². The van der Waals surface area contributed by atoms with Crippen LogP contribution in [-0.2, 0) is 23.1 Å². The molecule has 1 aromatic heterocycles. The number of carboxylic acid groups (broad SMARTS) is 1. The highest BCUT2D eigenvalue weighted by Crippen LogP contribution is 2.31. The predicted octanol–water partition coefficient (Wildman–Crippen LogP) is 4.80. The smallest absolute Gasteiger partial charge is 0.416 e. The van der Waals surface area contributed by atoms with E-state index >= 15 is 0 Å². The number of nitrogens with one attached hydrogen (secondary N) is 1. The van der Waals surface area contributed by atoms with Crippen molar-refractivity contribution in [3.05, 3.63) is 70.8 Å². The summed E-state index contributed by atoms with van der Waals surface area (Å²) in [5.74, 6) is 0.0965. The van der Waals surface area contributed by atoms with Crippen LogP contribution in [0.15, 0.2) is 53.7 Å². The van der Waals surface area contributed by atoms with Gasteiger partial charge in [0, 0.05) is 50.8 Å². The molecule has 0 radical (unpaired) electrons. The van der Waals surface area contributed by atoms with E-state index in [0.29, 0.717) is 33.8 Å². The lowest BCUT2D eigenvalue weighted by molar-refractivity contribution is -0.138. The first-order valence-electron chi connectivity index (χ1n) is 11.0. The van der Waals surface area contributed by atoms with Gasteiger partial charge in [-0.1, -0.05) is 23.9 Å². The Bertz CT molecular complexity index is 1240. The summed E-state index contributed by atoms with van der Waals surface area (Å²) in [6.45, 7) is 0. The fourth-order valence-electron chi connectivity index (χ4n) is 3.40. The number of halogens is 3. The van der Waals surface area contributed by atoms with Crippen molar-refractivity contribution in [2.24, 2.45) is 0 Å². The molecule has 2 N–H and O–H groups in total. The number of aromatic nitrogens is 2. The van der Waals surface area contributed by atoms with Crippen molar-refractivity contribution in [3.8, 4) is 0 Å². The molecular formula is C25H26F3N5O3S. The average molecular weight is 534 g/mol. The number of carboxylic acids is 1. The standard InChI is InChI=1S/C25H26F3N5O3S/c1-32(2)21-19(13-20(34)35)22(33(3)4)31-24(30-21)37-14-15-5-11-18(12-6-15)29-23(36)16-7-9-17(10-8-16)25(26,27)28/h5-12H,13-14H2,1-4H3,(H,29,36)(H,34,35). The number of carbonyl (C=O) groups is 2. The highest BCUT2D eigenvalue weighted by molar-refractivity contribution is 7.98. The van der Waals surface area contributed by atoms with Crippen LogP contribution in [0, 0.1) is 0 Å². The Hall–Kier alpha value is -3.80. The number of carbonyl (C=O) groups excluding carboxylic acids is 1. The Morgan fingerprint density at radius 1 is 0.919 bits per heavy atom. The topological polar surface area (TPSA) is 98.7 Å². The molecule has 1 amide bonds. The Labute approximate surface area is 216 Å². The monoisotopic (exact) mass is 533 g/mol. The third-order valence-corrected chi connectivity index (χ3v) is 6.09. The van der Waals surface area contributed by atoms with E-state index in [2.05, 4.69) is 15.3 Å². The molecule has 2 aromatic carbocycles. The second kappa shape index (κ2) is 11.5. The van der Waals surface area contributed by atoms with Crippen molar-refractivity contribution in [3.63, 3.8) is 0 Å². The van der Waals surface area contributed by atoms with Crippen LogP contribution in [0.3, 0.4) is 0 Å². The van der Waals surface area contributed by atoms with E-state index in [1.165, 1.54) is 11.8 Å². The van der Waals surface area contributed by atoms with E-state index in [0.717, 1.165) is 29.8 Å². The second-order valence-corrected chi connectivity index (χ2v) is 9.45. The SMILES string of the molecule is CN(C)c1nc(SCc2ccc(NC(=O)c3ccc(C(F)(F)F)cc3)cc2)nc(N(C)C)c1CC(=O)O. The summed E-state index contributed by atoms with van der Waals surface area (Å²) in [6.07, 6.45) is -4.66. The van der Waals surface area contributed by atoms with Gasteiger partial charge < -0.3 is 20.2 Å². The average Bonchev–Trinajstić information content (AvgIpc) is 2.83. The summed E-state index contributed by atoms with van der Waals surface area (Å²) in [7, 11) is 7.16. The van der Waals surface area contributed by atoms with Gasteiger partial charge in [-0.3, -0.25) is 9.59 Å². The van der Waals surface area contributed by atoms with Crippen molar-refractivity contribution >= 4 is 41.0 Å². The molecule has 0 aliphatic carbocycles. The maximum Gasteiger partial charge on any atom is 0.416 e. The van der Waals surface area contributed by atoms with Crippen LogP contribution < -0.4 is 15.1 Å². The molecule has 3 aromatic rings. The highest BCUT2D eigenvalue weighted by atomic mass is 32.2. The minimum absolute atomic E-state index is 0.115. The number of alkyl halides is 3. The van der Waals surface area contributed by atoms with Crippen LogP contribution in [0.25, 0.3) is 0 Å². The first kappa shape index (κ1) is 27.8. The number of hydrogen-bond acceptors (Lipinski definition) is 7. The minimum Gasteiger partial charge on any atom is -0.481 e. The third-order valence-electron chi connectivity index (χ3n) is 5.17. The fourth-order valence-corrected chi connectivity index (χ4v) is 4.19. The normalized spacial score (nSPS) is 11.2. The van der Waals surface area contributed by atoms with Crippen molar-refractivity contribution < 1.29 is 27.9 Å². The maximum atomic E-state index is 12.7. The van der Waals surface area contributed by atoms with Gasteiger partial charge in [-0.15, -0.1) is 0 Å².